The quantitative estimate of drug-likeness (QED) is 0.455. The standard InChI is InChI=1S/C8H11NO2/c1-3-6-9-8(10)5-4-7-11-2/h3H,1,6-7H2,2H3,(H,9,10). The normalized spacial score (nSPS) is 7.73. The SMILES string of the molecule is C=CCNC(=O)C#CCOC. The fraction of sp³-hybridized carbons (Fsp3) is 0.375. The molecular formula is C8H11NO2. The summed E-state index contributed by atoms with van der Waals surface area (Å²) in [5.74, 6) is 4.57. The van der Waals surface area contributed by atoms with Gasteiger partial charge in [-0.1, -0.05) is 12.0 Å². The minimum atomic E-state index is -0.304. The van der Waals surface area contributed by atoms with Gasteiger partial charge < -0.3 is 10.1 Å². The van der Waals surface area contributed by atoms with E-state index in [9.17, 15) is 4.79 Å². The molecule has 0 rings (SSSR count). The average Bonchev–Trinajstić information content (AvgIpc) is 2.01. The molecule has 0 aromatic carbocycles. The molecule has 0 saturated carbocycles. The molecule has 1 amide bonds. The van der Waals surface area contributed by atoms with Crippen molar-refractivity contribution in [3.8, 4) is 11.8 Å². The lowest BCUT2D eigenvalue weighted by atomic mass is 10.5. The van der Waals surface area contributed by atoms with E-state index in [-0.39, 0.29) is 12.5 Å². The van der Waals surface area contributed by atoms with E-state index in [0.717, 1.165) is 0 Å². The molecule has 0 aliphatic rings. The number of carbonyl (C=O) groups is 1. The highest BCUT2D eigenvalue weighted by molar-refractivity contribution is 5.93. The van der Waals surface area contributed by atoms with Crippen molar-refractivity contribution in [1.29, 1.82) is 0 Å². The lowest BCUT2D eigenvalue weighted by Crippen LogP contribution is -2.21. The highest BCUT2D eigenvalue weighted by Gasteiger charge is 1.88. The maximum absolute atomic E-state index is 10.7. The second kappa shape index (κ2) is 6.84. The molecule has 0 radical (unpaired) electrons. The van der Waals surface area contributed by atoms with Crippen LogP contribution >= 0.6 is 0 Å². The van der Waals surface area contributed by atoms with Crippen molar-refractivity contribution in [2.45, 2.75) is 0 Å². The van der Waals surface area contributed by atoms with Crippen molar-refractivity contribution >= 4 is 5.91 Å². The largest absolute Gasteiger partial charge is 0.372 e. The van der Waals surface area contributed by atoms with Gasteiger partial charge in [0.15, 0.2) is 0 Å². The van der Waals surface area contributed by atoms with Gasteiger partial charge in [-0.05, 0) is 5.92 Å². The van der Waals surface area contributed by atoms with Crippen molar-refractivity contribution in [3.63, 3.8) is 0 Å². The Morgan fingerprint density at radius 3 is 3.09 bits per heavy atom. The second-order valence-electron chi connectivity index (χ2n) is 1.73. The first kappa shape index (κ1) is 9.73. The van der Waals surface area contributed by atoms with Gasteiger partial charge in [-0.25, -0.2) is 0 Å². The molecule has 0 aromatic heterocycles. The number of rotatable bonds is 3. The zero-order valence-electron chi connectivity index (χ0n) is 6.52. The Bertz CT molecular complexity index is 188. The van der Waals surface area contributed by atoms with Gasteiger partial charge in [0.05, 0.1) is 0 Å². The molecule has 0 fully saturated rings. The molecule has 0 aliphatic heterocycles. The van der Waals surface area contributed by atoms with Crippen molar-refractivity contribution in [2.24, 2.45) is 0 Å². The van der Waals surface area contributed by atoms with Crippen LogP contribution in [0.2, 0.25) is 0 Å². The van der Waals surface area contributed by atoms with E-state index in [1.54, 1.807) is 6.08 Å². The van der Waals surface area contributed by atoms with Gasteiger partial charge in [0.25, 0.3) is 5.91 Å². The van der Waals surface area contributed by atoms with E-state index in [1.165, 1.54) is 7.11 Å². The van der Waals surface area contributed by atoms with E-state index >= 15 is 0 Å². The maximum atomic E-state index is 10.7. The van der Waals surface area contributed by atoms with Crippen LogP contribution in [0.1, 0.15) is 0 Å². The first-order valence-electron chi connectivity index (χ1n) is 3.17. The number of ether oxygens (including phenoxy) is 1. The number of nitrogens with one attached hydrogen (secondary N) is 1. The van der Waals surface area contributed by atoms with Gasteiger partial charge in [0.2, 0.25) is 0 Å². The fourth-order valence-electron chi connectivity index (χ4n) is 0.398. The molecule has 0 aliphatic carbocycles. The van der Waals surface area contributed by atoms with Crippen LogP contribution in [0, 0.1) is 11.8 Å². The molecule has 0 bridgehead atoms. The van der Waals surface area contributed by atoms with Crippen LogP contribution in [0.3, 0.4) is 0 Å². The van der Waals surface area contributed by atoms with Gasteiger partial charge in [-0.2, -0.15) is 0 Å². The summed E-state index contributed by atoms with van der Waals surface area (Å²) < 4.78 is 4.62. The molecule has 1 N–H and O–H groups in total. The minimum absolute atomic E-state index is 0.279. The van der Waals surface area contributed by atoms with Crippen LogP contribution in [0.4, 0.5) is 0 Å². The number of hydrogen-bond acceptors (Lipinski definition) is 2. The van der Waals surface area contributed by atoms with Crippen LogP contribution in [0.25, 0.3) is 0 Å². The number of carbonyl (C=O) groups excluding carboxylic acids is 1. The zero-order chi connectivity index (χ0) is 8.53. The van der Waals surface area contributed by atoms with E-state index in [1.807, 2.05) is 0 Å². The first-order chi connectivity index (χ1) is 5.31. The summed E-state index contributed by atoms with van der Waals surface area (Å²) in [7, 11) is 1.52. The lowest BCUT2D eigenvalue weighted by molar-refractivity contribution is -0.115. The van der Waals surface area contributed by atoms with Gasteiger partial charge in [0, 0.05) is 13.7 Å². The van der Waals surface area contributed by atoms with E-state index in [2.05, 4.69) is 28.5 Å². The van der Waals surface area contributed by atoms with E-state index in [0.29, 0.717) is 6.54 Å². The molecule has 11 heavy (non-hydrogen) atoms. The van der Waals surface area contributed by atoms with Gasteiger partial charge in [-0.15, -0.1) is 6.58 Å². The highest BCUT2D eigenvalue weighted by Crippen LogP contribution is 1.65. The molecule has 0 spiro atoms. The van der Waals surface area contributed by atoms with E-state index < -0.39 is 0 Å². The molecule has 3 heteroatoms. The van der Waals surface area contributed by atoms with Gasteiger partial charge in [0.1, 0.15) is 6.61 Å². The summed E-state index contributed by atoms with van der Waals surface area (Å²) in [6.45, 7) is 4.17. The summed E-state index contributed by atoms with van der Waals surface area (Å²) in [6, 6.07) is 0. The summed E-state index contributed by atoms with van der Waals surface area (Å²) >= 11 is 0. The van der Waals surface area contributed by atoms with Crippen LogP contribution in [-0.4, -0.2) is 26.2 Å². The highest BCUT2D eigenvalue weighted by atomic mass is 16.5. The molecule has 3 nitrogen and oxygen atoms in total. The molecule has 0 atom stereocenters. The Balaban J connectivity index is 3.52. The summed E-state index contributed by atoms with van der Waals surface area (Å²) in [4.78, 5) is 10.7. The third-order valence-corrected chi connectivity index (χ3v) is 0.825. The summed E-state index contributed by atoms with van der Waals surface area (Å²) in [5, 5.41) is 2.51. The van der Waals surface area contributed by atoms with Crippen molar-refractivity contribution < 1.29 is 9.53 Å². The zero-order valence-corrected chi connectivity index (χ0v) is 6.52. The topological polar surface area (TPSA) is 38.3 Å². The predicted molar refractivity (Wildman–Crippen MR) is 42.9 cm³/mol. The predicted octanol–water partition coefficient (Wildman–Crippen LogP) is -0.0616. The Kier molecular flexibility index (Phi) is 6.05. The summed E-state index contributed by atoms with van der Waals surface area (Å²) in [5.41, 5.74) is 0. The van der Waals surface area contributed by atoms with Crippen LogP contribution in [0.15, 0.2) is 12.7 Å². The molecular weight excluding hydrogens is 142 g/mol. The van der Waals surface area contributed by atoms with Crippen LogP contribution in [0.5, 0.6) is 0 Å². The molecule has 0 heterocycles. The van der Waals surface area contributed by atoms with Crippen molar-refractivity contribution in [2.75, 3.05) is 20.3 Å². The smallest absolute Gasteiger partial charge is 0.296 e. The van der Waals surface area contributed by atoms with E-state index in [4.69, 9.17) is 0 Å². The monoisotopic (exact) mass is 153 g/mol. The Morgan fingerprint density at radius 1 is 1.82 bits per heavy atom. The number of methoxy groups -OCH3 is 1. The number of amides is 1. The molecule has 0 saturated heterocycles. The molecule has 60 valence electrons. The third-order valence-electron chi connectivity index (χ3n) is 0.825. The Labute approximate surface area is 66.4 Å². The number of hydrogen-bond donors (Lipinski definition) is 1. The maximum Gasteiger partial charge on any atom is 0.296 e. The molecule has 0 aromatic rings. The third kappa shape index (κ3) is 6.62. The van der Waals surface area contributed by atoms with Gasteiger partial charge >= 0.3 is 0 Å². The van der Waals surface area contributed by atoms with Crippen molar-refractivity contribution in [1.82, 2.24) is 5.32 Å². The van der Waals surface area contributed by atoms with Gasteiger partial charge in [-0.3, -0.25) is 4.79 Å². The minimum Gasteiger partial charge on any atom is -0.372 e. The summed E-state index contributed by atoms with van der Waals surface area (Å²) in [6.07, 6.45) is 1.59. The van der Waals surface area contributed by atoms with Crippen LogP contribution < -0.4 is 5.32 Å². The lowest BCUT2D eigenvalue weighted by Gasteiger charge is -1.91. The van der Waals surface area contributed by atoms with Crippen molar-refractivity contribution in [3.05, 3.63) is 12.7 Å². The molecule has 0 unspecified atom stereocenters. The fourth-order valence-corrected chi connectivity index (χ4v) is 0.398. The second-order valence-corrected chi connectivity index (χ2v) is 1.73. The first-order valence-corrected chi connectivity index (χ1v) is 3.17. The van der Waals surface area contributed by atoms with Crippen LogP contribution in [-0.2, 0) is 9.53 Å². The average molecular weight is 153 g/mol. The Hall–Kier alpha value is -1.27. The Morgan fingerprint density at radius 2 is 2.55 bits per heavy atom.